The molecule has 0 heterocycles. The van der Waals surface area contributed by atoms with E-state index in [1.165, 1.54) is 38.5 Å². The summed E-state index contributed by atoms with van der Waals surface area (Å²) in [4.78, 5) is 0. The van der Waals surface area contributed by atoms with Gasteiger partial charge in [-0.2, -0.15) is 0 Å². The first kappa shape index (κ1) is 17.9. The molecule has 0 aromatic rings. The molecule has 5 N–H and O–H groups in total. The molecule has 0 amide bonds. The van der Waals surface area contributed by atoms with Crippen LogP contribution in [0.15, 0.2) is 0 Å². The maximum atomic E-state index is 5.42. The van der Waals surface area contributed by atoms with Crippen LogP contribution in [-0.4, -0.2) is 45.0 Å². The van der Waals surface area contributed by atoms with Gasteiger partial charge in [0, 0.05) is 18.9 Å². The molecular weight excluding hydrogens is 181 g/mol. The van der Waals surface area contributed by atoms with Crippen molar-refractivity contribution in [1.29, 1.82) is 0 Å². The average Bonchev–Trinajstić information content (AvgIpc) is 2.21. The Labute approximate surface area is 107 Å². The van der Waals surface area contributed by atoms with Gasteiger partial charge in [0.15, 0.2) is 0 Å². The fourth-order valence-electron chi connectivity index (χ4n) is 1.45. The zero-order valence-corrected chi connectivity index (χ0v) is 10.4. The minimum absolute atomic E-state index is 0. The van der Waals surface area contributed by atoms with Crippen LogP contribution in [0.25, 0.3) is 0 Å². The predicted molar refractivity (Wildman–Crippen MR) is 69.1 cm³/mol. The first-order chi connectivity index (χ1) is 6.91. The summed E-state index contributed by atoms with van der Waals surface area (Å²) in [5.41, 5.74) is 10.8. The zero-order chi connectivity index (χ0) is 10.5. The van der Waals surface area contributed by atoms with Crippen molar-refractivity contribution in [3.8, 4) is 0 Å². The Morgan fingerprint density at radius 3 is 1.67 bits per heavy atom. The summed E-state index contributed by atoms with van der Waals surface area (Å²) in [6.45, 7) is 3.87. The summed E-state index contributed by atoms with van der Waals surface area (Å²) < 4.78 is 0. The van der Waals surface area contributed by atoms with E-state index in [0.29, 0.717) is 0 Å². The van der Waals surface area contributed by atoms with E-state index < -0.39 is 0 Å². The van der Waals surface area contributed by atoms with Gasteiger partial charge in [0.1, 0.15) is 0 Å². The maximum absolute atomic E-state index is 5.42. The summed E-state index contributed by atoms with van der Waals surface area (Å²) in [6.07, 6.45) is 8.94. The summed E-state index contributed by atoms with van der Waals surface area (Å²) in [7, 11) is 0. The van der Waals surface area contributed by atoms with E-state index >= 15 is 0 Å². The van der Waals surface area contributed by atoms with Gasteiger partial charge in [-0.3, -0.25) is 0 Å². The molecule has 3 nitrogen and oxygen atoms in total. The molecule has 0 aliphatic rings. The van der Waals surface area contributed by atoms with Gasteiger partial charge in [0.25, 0.3) is 0 Å². The van der Waals surface area contributed by atoms with E-state index in [1.807, 2.05) is 0 Å². The third kappa shape index (κ3) is 17.1. The van der Waals surface area contributed by atoms with E-state index in [0.717, 1.165) is 32.6 Å². The molecule has 0 saturated carbocycles. The third-order valence-corrected chi connectivity index (χ3v) is 2.37. The Kier molecular flexibility index (Phi) is 20.1. The molecule has 0 saturated heterocycles. The molecule has 0 spiro atoms. The fourth-order valence-corrected chi connectivity index (χ4v) is 1.45. The quantitative estimate of drug-likeness (QED) is 0.348. The molecule has 0 atom stereocenters. The van der Waals surface area contributed by atoms with E-state index in [-0.39, 0.29) is 18.9 Å². The molecule has 1 radical (unpaired) electrons. The van der Waals surface area contributed by atoms with Crippen molar-refractivity contribution >= 4 is 18.9 Å². The van der Waals surface area contributed by atoms with Crippen molar-refractivity contribution in [2.45, 2.75) is 44.9 Å². The second-order valence-corrected chi connectivity index (χ2v) is 3.80. The number of nitrogens with two attached hydrogens (primary N) is 2. The normalized spacial score (nSPS) is 10.0. The van der Waals surface area contributed by atoms with Gasteiger partial charge in [-0.1, -0.05) is 25.7 Å². The Hall–Kier alpha value is 0.477. The van der Waals surface area contributed by atoms with Gasteiger partial charge in [-0.25, -0.2) is 0 Å². The van der Waals surface area contributed by atoms with Crippen LogP contribution in [-0.2, 0) is 0 Å². The molecule has 0 aliphatic carbocycles. The van der Waals surface area contributed by atoms with Gasteiger partial charge in [-0.15, -0.1) is 0 Å². The molecule has 87 valence electrons. The van der Waals surface area contributed by atoms with E-state index in [9.17, 15) is 0 Å². The second-order valence-electron chi connectivity index (χ2n) is 3.80. The minimum Gasteiger partial charge on any atom is -0.330 e. The summed E-state index contributed by atoms with van der Waals surface area (Å²) >= 11 is 0. The predicted octanol–water partition coefficient (Wildman–Crippen LogP) is 0.843. The first-order valence-electron chi connectivity index (χ1n) is 6.02. The Morgan fingerprint density at radius 2 is 1.07 bits per heavy atom. The molecule has 0 fully saturated rings. The van der Waals surface area contributed by atoms with Crippen molar-refractivity contribution < 1.29 is 0 Å². The van der Waals surface area contributed by atoms with Crippen LogP contribution < -0.4 is 16.8 Å². The Bertz CT molecular complexity index is 89.8. The topological polar surface area (TPSA) is 64.1 Å². The molecule has 4 heteroatoms. The van der Waals surface area contributed by atoms with Gasteiger partial charge in [0.05, 0.1) is 0 Å². The second kappa shape index (κ2) is 16.9. The van der Waals surface area contributed by atoms with Gasteiger partial charge < -0.3 is 16.8 Å². The van der Waals surface area contributed by atoms with Crippen LogP contribution in [0, 0.1) is 0 Å². The number of nitrogens with one attached hydrogen (secondary N) is 1. The standard InChI is InChI=1S/C11H27N3.Li/c12-8-5-3-1-2-4-6-10-14-11-7-9-13;/h14H,1-13H2;. The first-order valence-corrected chi connectivity index (χ1v) is 6.02. The van der Waals surface area contributed by atoms with Crippen molar-refractivity contribution in [3.63, 3.8) is 0 Å². The van der Waals surface area contributed by atoms with E-state index in [4.69, 9.17) is 11.5 Å². The summed E-state index contributed by atoms with van der Waals surface area (Å²) in [6, 6.07) is 0. The van der Waals surface area contributed by atoms with Crippen molar-refractivity contribution in [2.24, 2.45) is 11.5 Å². The van der Waals surface area contributed by atoms with Crippen LogP contribution in [0.5, 0.6) is 0 Å². The Balaban J connectivity index is 0. The molecule has 15 heavy (non-hydrogen) atoms. The molecular formula is C11H27LiN3. The molecule has 0 aliphatic heterocycles. The minimum atomic E-state index is 0. The monoisotopic (exact) mass is 208 g/mol. The number of hydrogen-bond donors (Lipinski definition) is 3. The summed E-state index contributed by atoms with van der Waals surface area (Å²) in [5.74, 6) is 0. The van der Waals surface area contributed by atoms with E-state index in [2.05, 4.69) is 5.32 Å². The molecule has 0 rings (SSSR count). The van der Waals surface area contributed by atoms with Crippen LogP contribution in [0.3, 0.4) is 0 Å². The third-order valence-electron chi connectivity index (χ3n) is 2.37. The number of hydrogen-bond acceptors (Lipinski definition) is 3. The molecule has 0 aromatic carbocycles. The smallest absolute Gasteiger partial charge is 0 e. The number of rotatable bonds is 11. The fraction of sp³-hybridized carbons (Fsp3) is 1.00. The largest absolute Gasteiger partial charge is 0.330 e. The molecule has 0 bridgehead atoms. The Morgan fingerprint density at radius 1 is 0.600 bits per heavy atom. The molecule has 0 aromatic heterocycles. The summed E-state index contributed by atoms with van der Waals surface area (Å²) in [5, 5.41) is 3.39. The molecule has 0 unspecified atom stereocenters. The van der Waals surface area contributed by atoms with Gasteiger partial charge >= 0.3 is 0 Å². The van der Waals surface area contributed by atoms with Crippen LogP contribution in [0.2, 0.25) is 0 Å². The van der Waals surface area contributed by atoms with E-state index in [1.54, 1.807) is 0 Å². The van der Waals surface area contributed by atoms with Crippen LogP contribution in [0.4, 0.5) is 0 Å². The van der Waals surface area contributed by atoms with Crippen LogP contribution >= 0.6 is 0 Å². The van der Waals surface area contributed by atoms with Crippen LogP contribution in [0.1, 0.15) is 44.9 Å². The van der Waals surface area contributed by atoms with Crippen molar-refractivity contribution in [3.05, 3.63) is 0 Å². The average molecular weight is 208 g/mol. The van der Waals surface area contributed by atoms with Gasteiger partial charge in [0.2, 0.25) is 0 Å². The SMILES string of the molecule is NCCCCCCCCNCCCN.[Li]. The maximum Gasteiger partial charge on any atom is 0 e. The zero-order valence-electron chi connectivity index (χ0n) is 10.4. The number of unbranched alkanes of at least 4 members (excludes halogenated alkanes) is 5. The van der Waals surface area contributed by atoms with Crippen molar-refractivity contribution in [2.75, 3.05) is 26.2 Å². The van der Waals surface area contributed by atoms with Gasteiger partial charge in [-0.05, 0) is 45.4 Å². The van der Waals surface area contributed by atoms with Crippen molar-refractivity contribution in [1.82, 2.24) is 5.32 Å².